The van der Waals surface area contributed by atoms with Gasteiger partial charge in [-0.3, -0.25) is 4.57 Å². The summed E-state index contributed by atoms with van der Waals surface area (Å²) in [5, 5.41) is 3.46. The molecule has 1 aliphatic carbocycles. The fraction of sp³-hybridized carbons (Fsp3) is 0.480. The lowest BCUT2D eigenvalue weighted by atomic mass is 9.71. The van der Waals surface area contributed by atoms with Crippen molar-refractivity contribution in [2.24, 2.45) is 5.92 Å². The van der Waals surface area contributed by atoms with Gasteiger partial charge in [-0.15, -0.1) is 11.3 Å². The molecule has 2 heterocycles. The maximum Gasteiger partial charge on any atom is 0.145 e. The van der Waals surface area contributed by atoms with E-state index in [0.717, 1.165) is 24.6 Å². The predicted molar refractivity (Wildman–Crippen MR) is 121 cm³/mol. The van der Waals surface area contributed by atoms with E-state index in [0.29, 0.717) is 5.92 Å². The summed E-state index contributed by atoms with van der Waals surface area (Å²) in [6.07, 6.45) is 7.62. The normalized spacial score (nSPS) is 19.6. The molecule has 0 aliphatic heterocycles. The van der Waals surface area contributed by atoms with Crippen molar-refractivity contribution in [3.05, 3.63) is 58.2 Å². The third kappa shape index (κ3) is 3.04. The number of rotatable bonds is 4. The van der Waals surface area contributed by atoms with Crippen molar-refractivity contribution in [3.63, 3.8) is 0 Å². The van der Waals surface area contributed by atoms with Crippen LogP contribution in [0.4, 0.5) is 0 Å². The van der Waals surface area contributed by atoms with Crippen LogP contribution in [0.1, 0.15) is 75.6 Å². The van der Waals surface area contributed by atoms with Crippen LogP contribution in [0.3, 0.4) is 0 Å². The number of hydrogen-bond donors (Lipinski definition) is 0. The lowest BCUT2D eigenvalue weighted by Gasteiger charge is -2.34. The number of imidazole rings is 1. The molecule has 148 valence electrons. The summed E-state index contributed by atoms with van der Waals surface area (Å²) in [5.41, 5.74) is 7.33. The van der Waals surface area contributed by atoms with Crippen LogP contribution in [0.5, 0.6) is 0 Å². The molecule has 0 saturated heterocycles. The summed E-state index contributed by atoms with van der Waals surface area (Å²) >= 11 is 1.80. The average Bonchev–Trinajstić information content (AvgIpc) is 3.32. The minimum absolute atomic E-state index is 0.123. The van der Waals surface area contributed by atoms with E-state index in [2.05, 4.69) is 75.9 Å². The summed E-state index contributed by atoms with van der Waals surface area (Å²) in [7, 11) is 0. The van der Waals surface area contributed by atoms with Crippen molar-refractivity contribution in [1.29, 1.82) is 0 Å². The molecule has 4 rings (SSSR count). The fourth-order valence-electron chi connectivity index (χ4n) is 4.56. The summed E-state index contributed by atoms with van der Waals surface area (Å²) in [6.45, 7) is 14.0. The SMILES string of the molecule is CCC(C)(C)c1ccc2c(c1-c1nccn1-c1sccc1C)CCC(C)C2C. The smallest absolute Gasteiger partial charge is 0.145 e. The van der Waals surface area contributed by atoms with E-state index in [-0.39, 0.29) is 5.41 Å². The Kier molecular flexibility index (Phi) is 4.99. The summed E-state index contributed by atoms with van der Waals surface area (Å²) in [6, 6.07) is 7.01. The van der Waals surface area contributed by atoms with Gasteiger partial charge in [0, 0.05) is 18.0 Å². The minimum atomic E-state index is 0.123. The first-order chi connectivity index (χ1) is 13.3. The van der Waals surface area contributed by atoms with Crippen molar-refractivity contribution in [2.45, 2.75) is 72.1 Å². The molecule has 0 bridgehead atoms. The van der Waals surface area contributed by atoms with Crippen molar-refractivity contribution in [3.8, 4) is 16.4 Å². The molecule has 1 aliphatic rings. The first kappa shape index (κ1) is 19.4. The molecule has 2 unspecified atom stereocenters. The highest BCUT2D eigenvalue weighted by atomic mass is 32.1. The monoisotopic (exact) mass is 392 g/mol. The van der Waals surface area contributed by atoms with Crippen molar-refractivity contribution >= 4 is 11.3 Å². The second kappa shape index (κ2) is 7.18. The van der Waals surface area contributed by atoms with Gasteiger partial charge in [0.05, 0.1) is 0 Å². The molecule has 2 aromatic heterocycles. The molecule has 1 aromatic carbocycles. The van der Waals surface area contributed by atoms with E-state index < -0.39 is 0 Å². The number of fused-ring (bicyclic) bond motifs is 1. The van der Waals surface area contributed by atoms with Crippen LogP contribution in [0.15, 0.2) is 36.0 Å². The Bertz CT molecular complexity index is 992. The van der Waals surface area contributed by atoms with Gasteiger partial charge in [-0.25, -0.2) is 4.98 Å². The number of aryl methyl sites for hydroxylation is 1. The molecule has 2 nitrogen and oxygen atoms in total. The zero-order chi connectivity index (χ0) is 20.1. The summed E-state index contributed by atoms with van der Waals surface area (Å²) in [4.78, 5) is 4.91. The van der Waals surface area contributed by atoms with Crippen molar-refractivity contribution in [1.82, 2.24) is 9.55 Å². The summed E-state index contributed by atoms with van der Waals surface area (Å²) < 4.78 is 2.31. The molecule has 0 saturated carbocycles. The van der Waals surface area contributed by atoms with Crippen LogP contribution < -0.4 is 0 Å². The quantitative estimate of drug-likeness (QED) is 0.456. The van der Waals surface area contributed by atoms with E-state index in [1.165, 1.54) is 39.2 Å². The van der Waals surface area contributed by atoms with Gasteiger partial charge in [-0.05, 0) is 77.1 Å². The average molecular weight is 393 g/mol. The largest absolute Gasteiger partial charge is 0.291 e. The third-order valence-electron chi connectivity index (χ3n) is 7.07. The van der Waals surface area contributed by atoms with Gasteiger partial charge < -0.3 is 0 Å². The Balaban J connectivity index is 2.01. The predicted octanol–water partition coefficient (Wildman–Crippen LogP) is 7.28. The van der Waals surface area contributed by atoms with E-state index in [1.54, 1.807) is 11.3 Å². The first-order valence-corrected chi connectivity index (χ1v) is 11.5. The van der Waals surface area contributed by atoms with Crippen LogP contribution in [-0.2, 0) is 11.8 Å². The second-order valence-electron chi connectivity index (χ2n) is 9.13. The zero-order valence-electron chi connectivity index (χ0n) is 18.0. The topological polar surface area (TPSA) is 17.8 Å². The Labute approximate surface area is 173 Å². The van der Waals surface area contributed by atoms with Crippen molar-refractivity contribution < 1.29 is 0 Å². The van der Waals surface area contributed by atoms with E-state index >= 15 is 0 Å². The molecule has 0 radical (unpaired) electrons. The van der Waals surface area contributed by atoms with Gasteiger partial charge in [0.15, 0.2) is 0 Å². The number of nitrogens with zero attached hydrogens (tertiary/aromatic N) is 2. The molecule has 3 aromatic rings. The highest BCUT2D eigenvalue weighted by Crippen LogP contribution is 2.45. The molecule has 0 amide bonds. The molecule has 3 heteroatoms. The molecule has 0 N–H and O–H groups in total. The number of thiophene rings is 1. The minimum Gasteiger partial charge on any atom is -0.291 e. The number of hydrogen-bond acceptors (Lipinski definition) is 2. The zero-order valence-corrected chi connectivity index (χ0v) is 18.9. The van der Waals surface area contributed by atoms with E-state index in [1.807, 2.05) is 6.20 Å². The molecule has 2 atom stereocenters. The van der Waals surface area contributed by atoms with Crippen LogP contribution >= 0.6 is 11.3 Å². The highest BCUT2D eigenvalue weighted by molar-refractivity contribution is 7.12. The van der Waals surface area contributed by atoms with Gasteiger partial charge >= 0.3 is 0 Å². The Morgan fingerprint density at radius 1 is 1.21 bits per heavy atom. The number of benzene rings is 1. The van der Waals surface area contributed by atoms with E-state index in [9.17, 15) is 0 Å². The number of aromatic nitrogens is 2. The standard InChI is InChI=1S/C25H32N2S/c1-7-25(5,6)21-11-10-19-18(4)16(2)8-9-20(19)22(21)23-26-13-14-27(23)24-17(3)12-15-28-24/h10-16,18H,7-9H2,1-6H3. The molecule has 0 fully saturated rings. The Hall–Kier alpha value is -1.87. The Morgan fingerprint density at radius 2 is 2.00 bits per heavy atom. The molecular weight excluding hydrogens is 360 g/mol. The highest BCUT2D eigenvalue weighted by Gasteiger charge is 2.32. The Morgan fingerprint density at radius 3 is 2.68 bits per heavy atom. The van der Waals surface area contributed by atoms with Gasteiger partial charge in [0.1, 0.15) is 10.8 Å². The van der Waals surface area contributed by atoms with Gasteiger partial charge in [0.25, 0.3) is 0 Å². The molecular formula is C25H32N2S. The van der Waals surface area contributed by atoms with Crippen LogP contribution in [0.25, 0.3) is 16.4 Å². The molecule has 0 spiro atoms. The van der Waals surface area contributed by atoms with Crippen LogP contribution in [-0.4, -0.2) is 9.55 Å². The fourth-order valence-corrected chi connectivity index (χ4v) is 5.48. The third-order valence-corrected chi connectivity index (χ3v) is 8.09. The second-order valence-corrected chi connectivity index (χ2v) is 10.0. The molecule has 28 heavy (non-hydrogen) atoms. The van der Waals surface area contributed by atoms with Crippen LogP contribution in [0, 0.1) is 12.8 Å². The van der Waals surface area contributed by atoms with Gasteiger partial charge in [-0.1, -0.05) is 46.8 Å². The maximum atomic E-state index is 4.91. The van der Waals surface area contributed by atoms with Gasteiger partial charge in [0.2, 0.25) is 0 Å². The van der Waals surface area contributed by atoms with Gasteiger partial charge in [-0.2, -0.15) is 0 Å². The lowest BCUT2D eigenvalue weighted by Crippen LogP contribution is -2.23. The summed E-state index contributed by atoms with van der Waals surface area (Å²) in [5.74, 6) is 2.46. The lowest BCUT2D eigenvalue weighted by molar-refractivity contribution is 0.424. The van der Waals surface area contributed by atoms with Crippen molar-refractivity contribution in [2.75, 3.05) is 0 Å². The van der Waals surface area contributed by atoms with Crippen LogP contribution in [0.2, 0.25) is 0 Å². The maximum absolute atomic E-state index is 4.91. The van der Waals surface area contributed by atoms with E-state index in [4.69, 9.17) is 4.98 Å². The first-order valence-electron chi connectivity index (χ1n) is 10.6.